The summed E-state index contributed by atoms with van der Waals surface area (Å²) in [7, 11) is -2.04. The van der Waals surface area contributed by atoms with Gasteiger partial charge in [-0.15, -0.1) is 0 Å². The molecule has 2 aromatic carbocycles. The quantitative estimate of drug-likeness (QED) is 0.735. The number of rotatable bonds is 4. The van der Waals surface area contributed by atoms with Crippen LogP contribution in [0.3, 0.4) is 0 Å². The molecule has 28 heavy (non-hydrogen) atoms. The number of carbonyl (C=O) groups excluding carboxylic acids is 1. The van der Waals surface area contributed by atoms with Crippen LogP contribution in [0.2, 0.25) is 0 Å². The number of aromatic nitrogens is 2. The van der Waals surface area contributed by atoms with Gasteiger partial charge >= 0.3 is 0 Å². The van der Waals surface area contributed by atoms with Crippen molar-refractivity contribution in [3.63, 3.8) is 0 Å². The molecule has 1 aromatic heterocycles. The van der Waals surface area contributed by atoms with Crippen LogP contribution in [0.4, 0.5) is 11.5 Å². The van der Waals surface area contributed by atoms with Gasteiger partial charge in [0.1, 0.15) is 0 Å². The van der Waals surface area contributed by atoms with Crippen LogP contribution in [0.5, 0.6) is 0 Å². The number of hydrogen-bond donors (Lipinski definition) is 1. The van der Waals surface area contributed by atoms with Crippen LogP contribution in [0.1, 0.15) is 22.8 Å². The maximum absolute atomic E-state index is 13.3. The Balaban J connectivity index is 1.66. The number of benzene rings is 2. The van der Waals surface area contributed by atoms with Crippen molar-refractivity contribution in [3.8, 4) is 0 Å². The molecule has 0 fully saturated rings. The minimum Gasteiger partial charge on any atom is -0.305 e. The average Bonchev–Trinajstić information content (AvgIpc) is 3.23. The van der Waals surface area contributed by atoms with Gasteiger partial charge in [-0.05, 0) is 43.2 Å². The molecule has 8 heteroatoms. The lowest BCUT2D eigenvalue weighted by atomic mass is 10.1. The monoisotopic (exact) mass is 396 g/mol. The number of sulfonamides is 1. The summed E-state index contributed by atoms with van der Waals surface area (Å²) in [6.07, 6.45) is 2.37. The second-order valence-electron chi connectivity index (χ2n) is 6.84. The Kier molecular flexibility index (Phi) is 4.43. The largest absolute Gasteiger partial charge is 0.305 e. The molecular formula is C20H20N4O3S. The molecule has 0 saturated heterocycles. The third kappa shape index (κ3) is 3.16. The summed E-state index contributed by atoms with van der Waals surface area (Å²) in [5, 5.41) is 6.78. The second kappa shape index (κ2) is 6.79. The molecule has 1 unspecified atom stereocenters. The summed E-state index contributed by atoms with van der Waals surface area (Å²) in [5.74, 6) is -0.00604. The van der Waals surface area contributed by atoms with E-state index in [2.05, 4.69) is 10.4 Å². The minimum atomic E-state index is -3.79. The molecule has 144 valence electrons. The van der Waals surface area contributed by atoms with E-state index in [-0.39, 0.29) is 16.5 Å². The van der Waals surface area contributed by atoms with Gasteiger partial charge in [0.25, 0.3) is 15.9 Å². The molecule has 0 bridgehead atoms. The lowest BCUT2D eigenvalue weighted by Crippen LogP contribution is -2.35. The fourth-order valence-corrected chi connectivity index (χ4v) is 5.22. The van der Waals surface area contributed by atoms with Gasteiger partial charge in [0.15, 0.2) is 5.82 Å². The normalized spacial score (nSPS) is 16.1. The van der Waals surface area contributed by atoms with E-state index in [0.29, 0.717) is 17.9 Å². The van der Waals surface area contributed by atoms with E-state index >= 15 is 0 Å². The molecule has 1 N–H and O–H groups in total. The highest BCUT2D eigenvalue weighted by Crippen LogP contribution is 2.36. The van der Waals surface area contributed by atoms with Crippen LogP contribution in [-0.2, 0) is 23.5 Å². The molecule has 3 aromatic rings. The van der Waals surface area contributed by atoms with E-state index in [1.165, 1.54) is 16.4 Å². The third-order valence-electron chi connectivity index (χ3n) is 4.75. The van der Waals surface area contributed by atoms with Crippen molar-refractivity contribution in [3.05, 3.63) is 71.9 Å². The highest BCUT2D eigenvalue weighted by Gasteiger charge is 2.36. The maximum Gasteiger partial charge on any atom is 0.264 e. The standard InChI is InChI=1S/C20H20N4O3S/c1-14-12-15-6-3-4-9-18(15)24(14)28(26,27)17-8-5-7-16(13-17)20(25)21-19-10-11-23(2)22-19/h3-11,13-14H,12H2,1-2H3,(H,21,22,25). The molecule has 0 aliphatic carbocycles. The number of aryl methyl sites for hydroxylation is 1. The van der Waals surface area contributed by atoms with Crippen LogP contribution in [0.25, 0.3) is 0 Å². The number of nitrogens with zero attached hydrogens (tertiary/aromatic N) is 3. The lowest BCUT2D eigenvalue weighted by molar-refractivity contribution is 0.102. The molecule has 4 rings (SSSR count). The number of nitrogens with one attached hydrogen (secondary N) is 1. The van der Waals surface area contributed by atoms with Crippen molar-refractivity contribution in [2.75, 3.05) is 9.62 Å². The van der Waals surface area contributed by atoms with E-state index < -0.39 is 15.9 Å². The molecule has 1 aliphatic heterocycles. The maximum atomic E-state index is 13.3. The zero-order valence-corrected chi connectivity index (χ0v) is 16.3. The third-order valence-corrected chi connectivity index (χ3v) is 6.68. The first-order valence-corrected chi connectivity index (χ1v) is 10.3. The summed E-state index contributed by atoms with van der Waals surface area (Å²) in [6.45, 7) is 1.88. The molecule has 1 atom stereocenters. The summed E-state index contributed by atoms with van der Waals surface area (Å²) in [6, 6.07) is 15.1. The highest BCUT2D eigenvalue weighted by atomic mass is 32.2. The van der Waals surface area contributed by atoms with Gasteiger partial charge in [-0.1, -0.05) is 24.3 Å². The molecule has 7 nitrogen and oxygen atoms in total. The fraction of sp³-hybridized carbons (Fsp3) is 0.200. The van der Waals surface area contributed by atoms with Crippen molar-refractivity contribution in [1.29, 1.82) is 0 Å². The Morgan fingerprint density at radius 2 is 1.93 bits per heavy atom. The first-order chi connectivity index (χ1) is 13.4. The van der Waals surface area contributed by atoms with Gasteiger partial charge in [-0.2, -0.15) is 5.10 Å². The summed E-state index contributed by atoms with van der Waals surface area (Å²) >= 11 is 0. The zero-order valence-electron chi connectivity index (χ0n) is 15.5. The Labute approximate surface area is 163 Å². The highest BCUT2D eigenvalue weighted by molar-refractivity contribution is 7.92. The van der Waals surface area contributed by atoms with Crippen molar-refractivity contribution in [2.45, 2.75) is 24.3 Å². The van der Waals surface area contributed by atoms with Crippen molar-refractivity contribution in [1.82, 2.24) is 9.78 Å². The SMILES string of the molecule is CC1Cc2ccccc2N1S(=O)(=O)c1cccc(C(=O)Nc2ccn(C)n2)c1. The van der Waals surface area contributed by atoms with Gasteiger partial charge in [0, 0.05) is 30.9 Å². The Bertz CT molecular complexity index is 1150. The minimum absolute atomic E-state index is 0.0877. The van der Waals surface area contributed by atoms with E-state index in [1.54, 1.807) is 36.1 Å². The van der Waals surface area contributed by atoms with E-state index in [1.807, 2.05) is 31.2 Å². The van der Waals surface area contributed by atoms with Gasteiger partial charge < -0.3 is 5.32 Å². The van der Waals surface area contributed by atoms with E-state index in [0.717, 1.165) is 5.56 Å². The predicted molar refractivity (Wildman–Crippen MR) is 107 cm³/mol. The first-order valence-electron chi connectivity index (χ1n) is 8.89. The van der Waals surface area contributed by atoms with Gasteiger partial charge in [-0.3, -0.25) is 13.8 Å². The van der Waals surface area contributed by atoms with E-state index in [9.17, 15) is 13.2 Å². The van der Waals surface area contributed by atoms with Crippen LogP contribution < -0.4 is 9.62 Å². The average molecular weight is 396 g/mol. The Hall–Kier alpha value is -3.13. The van der Waals surface area contributed by atoms with Crippen molar-refractivity contribution in [2.24, 2.45) is 7.05 Å². The molecule has 1 amide bonds. The summed E-state index contributed by atoms with van der Waals surface area (Å²) in [5.41, 5.74) is 1.95. The van der Waals surface area contributed by atoms with Crippen molar-refractivity contribution < 1.29 is 13.2 Å². The summed E-state index contributed by atoms with van der Waals surface area (Å²) < 4.78 is 29.7. The number of amides is 1. The number of carbonyl (C=O) groups is 1. The smallest absolute Gasteiger partial charge is 0.264 e. The molecular weight excluding hydrogens is 376 g/mol. The molecule has 1 aliphatic rings. The van der Waals surface area contributed by atoms with Gasteiger partial charge in [0.2, 0.25) is 0 Å². The van der Waals surface area contributed by atoms with Crippen LogP contribution in [0.15, 0.2) is 65.7 Å². The van der Waals surface area contributed by atoms with Gasteiger partial charge in [0.05, 0.1) is 10.6 Å². The lowest BCUT2D eigenvalue weighted by Gasteiger charge is -2.24. The zero-order chi connectivity index (χ0) is 19.9. The van der Waals surface area contributed by atoms with Crippen LogP contribution in [-0.4, -0.2) is 30.1 Å². The van der Waals surface area contributed by atoms with Gasteiger partial charge in [-0.25, -0.2) is 8.42 Å². The molecule has 0 saturated carbocycles. The first kappa shape index (κ1) is 18.2. The molecule has 0 radical (unpaired) electrons. The number of hydrogen-bond acceptors (Lipinski definition) is 4. The van der Waals surface area contributed by atoms with E-state index in [4.69, 9.17) is 0 Å². The number of anilines is 2. The van der Waals surface area contributed by atoms with Crippen molar-refractivity contribution >= 4 is 27.4 Å². The summed E-state index contributed by atoms with van der Waals surface area (Å²) in [4.78, 5) is 12.6. The van der Waals surface area contributed by atoms with Crippen LogP contribution >= 0.6 is 0 Å². The number of fused-ring (bicyclic) bond motifs is 1. The topological polar surface area (TPSA) is 84.3 Å². The predicted octanol–water partition coefficient (Wildman–Crippen LogP) is 2.81. The molecule has 0 spiro atoms. The van der Waals surface area contributed by atoms with Crippen LogP contribution in [0, 0.1) is 0 Å². The second-order valence-corrected chi connectivity index (χ2v) is 8.65. The number of para-hydroxylation sites is 1. The fourth-order valence-electron chi connectivity index (χ4n) is 3.49. The Morgan fingerprint density at radius 3 is 2.68 bits per heavy atom. The Morgan fingerprint density at radius 1 is 1.14 bits per heavy atom. The molecule has 2 heterocycles.